The van der Waals surface area contributed by atoms with Gasteiger partial charge in [0.15, 0.2) is 0 Å². The molecule has 1 aromatic rings. The van der Waals surface area contributed by atoms with Crippen LogP contribution in [0.3, 0.4) is 0 Å². The average Bonchev–Trinajstić information content (AvgIpc) is 2.67. The topological polar surface area (TPSA) is 12.9 Å². The van der Waals surface area contributed by atoms with E-state index < -0.39 is 0 Å². The van der Waals surface area contributed by atoms with Crippen LogP contribution in [0, 0.1) is 0 Å². The van der Waals surface area contributed by atoms with Crippen LogP contribution in [-0.4, -0.2) is 4.98 Å². The summed E-state index contributed by atoms with van der Waals surface area (Å²) in [6.07, 6.45) is 6.80. The van der Waals surface area contributed by atoms with Crippen molar-refractivity contribution in [1.82, 2.24) is 4.98 Å². The van der Waals surface area contributed by atoms with E-state index in [1.807, 2.05) is 0 Å². The second-order valence-electron chi connectivity index (χ2n) is 3.63. The normalized spacial score (nSPS) is 19.2. The molecule has 0 radical (unpaired) electrons. The number of rotatable bonds is 2. The van der Waals surface area contributed by atoms with E-state index in [-0.39, 0.29) is 0 Å². The molecule has 1 aromatic heterocycles. The third-order valence-electron chi connectivity index (χ3n) is 2.71. The molecular weight excluding hydrogens is 202 g/mol. The smallest absolute Gasteiger partial charge is 0.108 e. The highest BCUT2D eigenvalue weighted by Gasteiger charge is 2.17. The highest BCUT2D eigenvalue weighted by atomic mass is 35.5. The van der Waals surface area contributed by atoms with Crippen molar-refractivity contribution in [2.24, 2.45) is 0 Å². The molecule has 0 spiro atoms. The monoisotopic (exact) mass is 215 g/mol. The summed E-state index contributed by atoms with van der Waals surface area (Å²) < 4.78 is 0. The van der Waals surface area contributed by atoms with E-state index in [2.05, 4.69) is 10.4 Å². The van der Waals surface area contributed by atoms with E-state index in [0.29, 0.717) is 5.88 Å². The van der Waals surface area contributed by atoms with Crippen LogP contribution in [0.2, 0.25) is 0 Å². The van der Waals surface area contributed by atoms with Gasteiger partial charge in [0.05, 0.1) is 11.6 Å². The average molecular weight is 216 g/mol. The van der Waals surface area contributed by atoms with E-state index >= 15 is 0 Å². The van der Waals surface area contributed by atoms with Gasteiger partial charge in [-0.1, -0.05) is 19.3 Å². The quantitative estimate of drug-likeness (QED) is 0.682. The Kier molecular flexibility index (Phi) is 3.23. The van der Waals surface area contributed by atoms with Crippen LogP contribution < -0.4 is 0 Å². The number of hydrogen-bond donors (Lipinski definition) is 0. The summed E-state index contributed by atoms with van der Waals surface area (Å²) in [6.45, 7) is 0. The van der Waals surface area contributed by atoms with Crippen molar-refractivity contribution in [2.45, 2.75) is 43.9 Å². The third-order valence-corrected chi connectivity index (χ3v) is 3.99. The largest absolute Gasteiger partial charge is 0.245 e. The van der Waals surface area contributed by atoms with E-state index in [1.54, 1.807) is 11.3 Å². The highest BCUT2D eigenvalue weighted by molar-refractivity contribution is 7.09. The van der Waals surface area contributed by atoms with Crippen LogP contribution in [0.15, 0.2) is 5.38 Å². The molecule has 72 valence electrons. The Balaban J connectivity index is 2.05. The van der Waals surface area contributed by atoms with Crippen molar-refractivity contribution in [3.63, 3.8) is 0 Å². The van der Waals surface area contributed by atoms with Gasteiger partial charge < -0.3 is 0 Å². The Hall–Kier alpha value is -0.0800. The maximum absolute atomic E-state index is 5.73. The summed E-state index contributed by atoms with van der Waals surface area (Å²) in [5.41, 5.74) is 1.29. The number of alkyl halides is 1. The molecule has 0 aromatic carbocycles. The summed E-state index contributed by atoms with van der Waals surface area (Å²) in [6, 6.07) is 0. The number of thiazole rings is 1. The first-order chi connectivity index (χ1) is 6.40. The summed E-state index contributed by atoms with van der Waals surface area (Å²) in [5, 5.41) is 3.26. The maximum Gasteiger partial charge on any atom is 0.108 e. The molecule has 1 aliphatic rings. The number of nitrogens with zero attached hydrogens (tertiary/aromatic N) is 1. The molecule has 0 saturated heterocycles. The van der Waals surface area contributed by atoms with Gasteiger partial charge in [0.2, 0.25) is 0 Å². The lowest BCUT2D eigenvalue weighted by atomic mass is 9.87. The lowest BCUT2D eigenvalue weighted by Crippen LogP contribution is -2.04. The summed E-state index contributed by atoms with van der Waals surface area (Å²) in [7, 11) is 0. The standard InChI is InChI=1S/C10H14ClNS/c11-6-10-12-9(7-13-10)8-4-2-1-3-5-8/h7-8H,1-6H2. The second-order valence-corrected chi connectivity index (χ2v) is 4.84. The van der Waals surface area contributed by atoms with E-state index in [1.165, 1.54) is 37.8 Å². The highest BCUT2D eigenvalue weighted by Crippen LogP contribution is 2.33. The molecule has 1 aliphatic carbocycles. The second kappa shape index (κ2) is 4.43. The van der Waals surface area contributed by atoms with Crippen molar-refractivity contribution in [3.8, 4) is 0 Å². The first-order valence-corrected chi connectivity index (χ1v) is 6.32. The maximum atomic E-state index is 5.73. The molecule has 1 heterocycles. The van der Waals surface area contributed by atoms with E-state index in [4.69, 9.17) is 11.6 Å². The Morgan fingerprint density at radius 1 is 1.38 bits per heavy atom. The van der Waals surface area contributed by atoms with Crippen LogP contribution in [0.25, 0.3) is 0 Å². The van der Waals surface area contributed by atoms with Crippen molar-refractivity contribution < 1.29 is 0 Å². The minimum absolute atomic E-state index is 0.567. The molecule has 0 amide bonds. The van der Waals surface area contributed by atoms with Crippen LogP contribution in [0.1, 0.15) is 48.7 Å². The molecule has 1 saturated carbocycles. The molecular formula is C10H14ClNS. The van der Waals surface area contributed by atoms with Crippen LogP contribution in [0.4, 0.5) is 0 Å². The molecule has 0 unspecified atom stereocenters. The fourth-order valence-corrected chi connectivity index (χ4v) is 2.94. The molecule has 3 heteroatoms. The zero-order valence-corrected chi connectivity index (χ0v) is 9.20. The Labute approximate surface area is 88.1 Å². The molecule has 1 nitrogen and oxygen atoms in total. The predicted octanol–water partition coefficient (Wildman–Crippen LogP) is 3.93. The van der Waals surface area contributed by atoms with E-state index in [0.717, 1.165) is 10.9 Å². The first kappa shape index (κ1) is 9.47. The van der Waals surface area contributed by atoms with Gasteiger partial charge in [-0.15, -0.1) is 22.9 Å². The Morgan fingerprint density at radius 2 is 2.15 bits per heavy atom. The molecule has 13 heavy (non-hydrogen) atoms. The number of hydrogen-bond acceptors (Lipinski definition) is 2. The lowest BCUT2D eigenvalue weighted by Gasteiger charge is -2.19. The third kappa shape index (κ3) is 2.23. The summed E-state index contributed by atoms with van der Waals surface area (Å²) in [5.74, 6) is 1.29. The van der Waals surface area contributed by atoms with Crippen molar-refractivity contribution in [3.05, 3.63) is 16.1 Å². The zero-order valence-electron chi connectivity index (χ0n) is 7.63. The van der Waals surface area contributed by atoms with Crippen LogP contribution in [-0.2, 0) is 5.88 Å². The fraction of sp³-hybridized carbons (Fsp3) is 0.700. The van der Waals surface area contributed by atoms with Gasteiger partial charge >= 0.3 is 0 Å². The Bertz CT molecular complexity index is 266. The van der Waals surface area contributed by atoms with Crippen molar-refractivity contribution in [1.29, 1.82) is 0 Å². The minimum Gasteiger partial charge on any atom is -0.245 e. The lowest BCUT2D eigenvalue weighted by molar-refractivity contribution is 0.437. The van der Waals surface area contributed by atoms with Crippen molar-refractivity contribution in [2.75, 3.05) is 0 Å². The summed E-state index contributed by atoms with van der Waals surface area (Å²) >= 11 is 7.43. The van der Waals surface area contributed by atoms with Gasteiger partial charge in [0.1, 0.15) is 5.01 Å². The van der Waals surface area contributed by atoms with Crippen LogP contribution >= 0.6 is 22.9 Å². The van der Waals surface area contributed by atoms with Gasteiger partial charge in [-0.25, -0.2) is 4.98 Å². The van der Waals surface area contributed by atoms with Gasteiger partial charge in [-0.2, -0.15) is 0 Å². The molecule has 0 atom stereocenters. The van der Waals surface area contributed by atoms with Gasteiger partial charge in [0, 0.05) is 11.3 Å². The van der Waals surface area contributed by atoms with Gasteiger partial charge in [-0.05, 0) is 12.8 Å². The van der Waals surface area contributed by atoms with E-state index in [9.17, 15) is 0 Å². The Morgan fingerprint density at radius 3 is 2.77 bits per heavy atom. The van der Waals surface area contributed by atoms with Gasteiger partial charge in [0.25, 0.3) is 0 Å². The molecule has 2 rings (SSSR count). The van der Waals surface area contributed by atoms with Crippen molar-refractivity contribution >= 4 is 22.9 Å². The first-order valence-electron chi connectivity index (χ1n) is 4.90. The minimum atomic E-state index is 0.567. The SMILES string of the molecule is ClCc1nc(C2CCCCC2)cs1. The number of halogens is 1. The van der Waals surface area contributed by atoms with Gasteiger partial charge in [-0.3, -0.25) is 0 Å². The predicted molar refractivity (Wildman–Crippen MR) is 57.5 cm³/mol. The number of aromatic nitrogens is 1. The molecule has 0 N–H and O–H groups in total. The summed E-state index contributed by atoms with van der Waals surface area (Å²) in [4.78, 5) is 4.54. The fourth-order valence-electron chi connectivity index (χ4n) is 1.97. The molecule has 1 fully saturated rings. The zero-order chi connectivity index (χ0) is 9.10. The van der Waals surface area contributed by atoms with Crippen LogP contribution in [0.5, 0.6) is 0 Å². The molecule has 0 aliphatic heterocycles. The molecule has 0 bridgehead atoms.